The van der Waals surface area contributed by atoms with E-state index >= 15 is 0 Å². The van der Waals surface area contributed by atoms with E-state index in [-0.39, 0.29) is 17.9 Å². The third-order valence-electron chi connectivity index (χ3n) is 2.10. The molecule has 0 saturated carbocycles. The maximum absolute atomic E-state index is 10.5. The zero-order valence-corrected chi connectivity index (χ0v) is 7.84. The van der Waals surface area contributed by atoms with E-state index in [1.165, 1.54) is 6.07 Å². The molecule has 0 unspecified atom stereocenters. The molecule has 4 nitrogen and oxygen atoms in total. The Morgan fingerprint density at radius 2 is 2.07 bits per heavy atom. The van der Waals surface area contributed by atoms with E-state index in [0.29, 0.717) is 5.52 Å². The predicted octanol–water partition coefficient (Wildman–Crippen LogP) is 1.57. The largest absolute Gasteiger partial charge is 0.506 e. The lowest BCUT2D eigenvalue weighted by molar-refractivity contribution is -0.136. The smallest absolute Gasteiger partial charge is 0.309 e. The predicted molar refractivity (Wildman–Crippen MR) is 54.7 cm³/mol. The molecule has 0 saturated heterocycles. The van der Waals surface area contributed by atoms with Crippen molar-refractivity contribution in [3.8, 4) is 5.75 Å². The summed E-state index contributed by atoms with van der Waals surface area (Å²) in [5.74, 6) is -1.08. The molecule has 1 aromatic heterocycles. The minimum absolute atomic E-state index is 0.0731. The van der Waals surface area contributed by atoms with Gasteiger partial charge >= 0.3 is 5.97 Å². The molecule has 2 N–H and O–H groups in total. The number of aromatic nitrogens is 1. The van der Waals surface area contributed by atoms with Crippen LogP contribution in [0.4, 0.5) is 0 Å². The minimum Gasteiger partial charge on any atom is -0.506 e. The Morgan fingerprint density at radius 3 is 2.80 bits per heavy atom. The molecule has 1 aromatic carbocycles. The average molecular weight is 203 g/mol. The summed E-state index contributed by atoms with van der Waals surface area (Å²) in [6.45, 7) is 0. The maximum atomic E-state index is 10.5. The molecule has 2 rings (SSSR count). The Hall–Kier alpha value is -2.10. The third kappa shape index (κ3) is 1.88. The lowest BCUT2D eigenvalue weighted by Gasteiger charge is -2.03. The number of benzene rings is 1. The third-order valence-corrected chi connectivity index (χ3v) is 2.10. The number of nitrogens with zero attached hydrogens (tertiary/aromatic N) is 1. The van der Waals surface area contributed by atoms with Crippen LogP contribution in [0.5, 0.6) is 5.75 Å². The number of para-hydroxylation sites is 1. The molecule has 2 aromatic rings. The molecular formula is C11H9NO3. The number of hydrogen-bond donors (Lipinski definition) is 2. The van der Waals surface area contributed by atoms with Crippen LogP contribution in [-0.2, 0) is 11.2 Å². The molecule has 1 heterocycles. The summed E-state index contributed by atoms with van der Waals surface area (Å²) in [5, 5.41) is 18.9. The van der Waals surface area contributed by atoms with Crippen molar-refractivity contribution in [2.75, 3.05) is 0 Å². The van der Waals surface area contributed by atoms with Crippen molar-refractivity contribution in [3.05, 3.63) is 36.0 Å². The highest BCUT2D eigenvalue weighted by Gasteiger charge is 2.09. The fraction of sp³-hybridized carbons (Fsp3) is 0.0909. The van der Waals surface area contributed by atoms with Crippen LogP contribution in [0.2, 0.25) is 0 Å². The fourth-order valence-electron chi connectivity index (χ4n) is 1.42. The number of fused-ring (bicyclic) bond motifs is 1. The normalized spacial score (nSPS) is 10.4. The van der Waals surface area contributed by atoms with Crippen molar-refractivity contribution >= 4 is 16.9 Å². The summed E-state index contributed by atoms with van der Waals surface area (Å²) in [6.07, 6.45) is -0.267. The van der Waals surface area contributed by atoms with Gasteiger partial charge in [0.25, 0.3) is 0 Å². The molecule has 15 heavy (non-hydrogen) atoms. The Kier molecular flexibility index (Phi) is 2.25. The molecule has 0 radical (unpaired) electrons. The Bertz CT molecular complexity index is 522. The van der Waals surface area contributed by atoms with Crippen LogP contribution in [-0.4, -0.2) is 21.2 Å². The van der Waals surface area contributed by atoms with Gasteiger partial charge in [0.2, 0.25) is 0 Å². The number of rotatable bonds is 2. The Morgan fingerprint density at radius 1 is 1.33 bits per heavy atom. The highest BCUT2D eigenvalue weighted by molar-refractivity contribution is 5.81. The first kappa shape index (κ1) is 9.45. The van der Waals surface area contributed by atoms with E-state index in [2.05, 4.69) is 4.98 Å². The second-order valence-electron chi connectivity index (χ2n) is 3.22. The standard InChI is InChI=1S/C11H9NO3/c13-10-5-7-3-1-2-4-8(7)12-9(10)6-11(14)15/h1-5,13H,6H2,(H,14,15). The van der Waals surface area contributed by atoms with Gasteiger partial charge in [0, 0.05) is 5.39 Å². The highest BCUT2D eigenvalue weighted by atomic mass is 16.4. The molecule has 0 aliphatic rings. The fourth-order valence-corrected chi connectivity index (χ4v) is 1.42. The number of carboxylic acids is 1. The second-order valence-corrected chi connectivity index (χ2v) is 3.22. The van der Waals surface area contributed by atoms with E-state index in [0.717, 1.165) is 5.39 Å². The summed E-state index contributed by atoms with van der Waals surface area (Å²) >= 11 is 0. The average Bonchev–Trinajstić information content (AvgIpc) is 2.18. The van der Waals surface area contributed by atoms with Gasteiger partial charge in [-0.2, -0.15) is 0 Å². The molecule has 4 heteroatoms. The number of aromatic hydroxyl groups is 1. The highest BCUT2D eigenvalue weighted by Crippen LogP contribution is 2.21. The van der Waals surface area contributed by atoms with Gasteiger partial charge in [-0.05, 0) is 12.1 Å². The van der Waals surface area contributed by atoms with Crippen LogP contribution in [0.1, 0.15) is 5.69 Å². The van der Waals surface area contributed by atoms with Crippen LogP contribution in [0.25, 0.3) is 10.9 Å². The maximum Gasteiger partial charge on any atom is 0.309 e. The molecule has 0 fully saturated rings. The van der Waals surface area contributed by atoms with Crippen LogP contribution in [0.15, 0.2) is 30.3 Å². The first-order chi connectivity index (χ1) is 7.16. The topological polar surface area (TPSA) is 70.4 Å². The van der Waals surface area contributed by atoms with E-state index in [9.17, 15) is 9.90 Å². The number of hydrogen-bond acceptors (Lipinski definition) is 3. The van der Waals surface area contributed by atoms with Crippen molar-refractivity contribution in [2.24, 2.45) is 0 Å². The van der Waals surface area contributed by atoms with E-state index < -0.39 is 5.97 Å². The first-order valence-corrected chi connectivity index (χ1v) is 4.46. The van der Waals surface area contributed by atoms with Crippen LogP contribution >= 0.6 is 0 Å². The number of aliphatic carboxylic acids is 1. The van der Waals surface area contributed by atoms with Crippen molar-refractivity contribution in [1.82, 2.24) is 4.98 Å². The monoisotopic (exact) mass is 203 g/mol. The molecule has 0 aliphatic carbocycles. The van der Waals surface area contributed by atoms with Crippen molar-refractivity contribution in [1.29, 1.82) is 0 Å². The summed E-state index contributed by atoms with van der Waals surface area (Å²) in [7, 11) is 0. The van der Waals surface area contributed by atoms with Crippen LogP contribution in [0.3, 0.4) is 0 Å². The van der Waals surface area contributed by atoms with Gasteiger partial charge in [0.15, 0.2) is 0 Å². The van der Waals surface area contributed by atoms with E-state index in [1.54, 1.807) is 6.07 Å². The lowest BCUT2D eigenvalue weighted by Crippen LogP contribution is -2.02. The van der Waals surface area contributed by atoms with Gasteiger partial charge in [-0.25, -0.2) is 4.98 Å². The summed E-state index contributed by atoms with van der Waals surface area (Å²) in [6, 6.07) is 8.77. The molecule has 0 atom stereocenters. The van der Waals surface area contributed by atoms with Gasteiger partial charge in [-0.15, -0.1) is 0 Å². The molecule has 0 aliphatic heterocycles. The zero-order chi connectivity index (χ0) is 10.8. The molecule has 0 bridgehead atoms. The first-order valence-electron chi connectivity index (χ1n) is 4.46. The molecule has 0 amide bonds. The van der Waals surface area contributed by atoms with E-state index in [4.69, 9.17) is 5.11 Å². The van der Waals surface area contributed by atoms with Gasteiger partial charge in [0.05, 0.1) is 17.6 Å². The quantitative estimate of drug-likeness (QED) is 0.777. The van der Waals surface area contributed by atoms with Crippen LogP contribution in [0, 0.1) is 0 Å². The van der Waals surface area contributed by atoms with Crippen molar-refractivity contribution < 1.29 is 15.0 Å². The lowest BCUT2D eigenvalue weighted by atomic mass is 10.1. The SMILES string of the molecule is O=C(O)Cc1nc2ccccc2cc1O. The molecule has 76 valence electrons. The van der Waals surface area contributed by atoms with Gasteiger partial charge in [-0.1, -0.05) is 18.2 Å². The molecule has 0 spiro atoms. The van der Waals surface area contributed by atoms with Gasteiger partial charge in [0.1, 0.15) is 5.75 Å². The molecular weight excluding hydrogens is 194 g/mol. The zero-order valence-electron chi connectivity index (χ0n) is 7.84. The Labute approximate surface area is 85.8 Å². The summed E-state index contributed by atoms with van der Waals surface area (Å²) in [5.41, 5.74) is 0.882. The summed E-state index contributed by atoms with van der Waals surface area (Å²) in [4.78, 5) is 14.6. The van der Waals surface area contributed by atoms with Crippen molar-refractivity contribution in [3.63, 3.8) is 0 Å². The van der Waals surface area contributed by atoms with Crippen LogP contribution < -0.4 is 0 Å². The van der Waals surface area contributed by atoms with Crippen molar-refractivity contribution in [2.45, 2.75) is 6.42 Å². The number of pyridine rings is 1. The Balaban J connectivity index is 2.56. The minimum atomic E-state index is -1.01. The number of carboxylic acid groups (broad SMARTS) is 1. The number of carbonyl (C=O) groups is 1. The van der Waals surface area contributed by atoms with Gasteiger partial charge in [-0.3, -0.25) is 4.79 Å². The van der Waals surface area contributed by atoms with Gasteiger partial charge < -0.3 is 10.2 Å². The van der Waals surface area contributed by atoms with E-state index in [1.807, 2.05) is 18.2 Å². The summed E-state index contributed by atoms with van der Waals surface area (Å²) < 4.78 is 0. The second kappa shape index (κ2) is 3.57.